The van der Waals surface area contributed by atoms with Crippen molar-refractivity contribution in [2.75, 3.05) is 58.0 Å². The summed E-state index contributed by atoms with van der Waals surface area (Å²) in [6, 6.07) is 14.0. The summed E-state index contributed by atoms with van der Waals surface area (Å²) < 4.78 is 41.4. The first kappa shape index (κ1) is 46.9. The van der Waals surface area contributed by atoms with Gasteiger partial charge in [-0.15, -0.1) is 25.5 Å². The highest BCUT2D eigenvalue weighted by atomic mass is 32.2. The molecular formula is C40H51N13O8S. The average molecular weight is 874 g/mol. The fraction of sp³-hybridized carbons (Fsp3) is 0.425. The molecule has 21 nitrogen and oxygen atoms in total. The highest BCUT2D eigenvalue weighted by Gasteiger charge is 2.23. The second kappa shape index (κ2) is 24.3. The van der Waals surface area contributed by atoms with Crippen molar-refractivity contribution < 1.29 is 37.0 Å². The van der Waals surface area contributed by atoms with Crippen molar-refractivity contribution in [3.63, 3.8) is 0 Å². The van der Waals surface area contributed by atoms with Crippen LogP contribution in [-0.2, 0) is 38.6 Å². The van der Waals surface area contributed by atoms with E-state index >= 15 is 0 Å². The number of hydrogen-bond acceptors (Lipinski definition) is 16. The zero-order valence-electron chi connectivity index (χ0n) is 34.6. The van der Waals surface area contributed by atoms with Gasteiger partial charge in [0.05, 0.1) is 49.4 Å². The van der Waals surface area contributed by atoms with Gasteiger partial charge in [0.2, 0.25) is 39.4 Å². The van der Waals surface area contributed by atoms with Crippen LogP contribution >= 0.6 is 0 Å². The van der Waals surface area contributed by atoms with E-state index in [2.05, 4.69) is 56.6 Å². The summed E-state index contributed by atoms with van der Waals surface area (Å²) in [5.41, 5.74) is 2.59. The highest BCUT2D eigenvalue weighted by molar-refractivity contribution is 7.89. The number of hydrogen-bond donors (Lipinski definition) is 4. The van der Waals surface area contributed by atoms with Crippen LogP contribution < -0.4 is 21.1 Å². The van der Waals surface area contributed by atoms with Gasteiger partial charge in [-0.1, -0.05) is 37.3 Å². The van der Waals surface area contributed by atoms with E-state index in [-0.39, 0.29) is 47.2 Å². The Labute approximate surface area is 359 Å². The van der Waals surface area contributed by atoms with E-state index in [9.17, 15) is 22.8 Å². The standard InChI is InChI=1S/C40H51N13O8S/c1-28(2)25-35(53-27-34(47-52-53)29-8-11-31(12-9-29)62(41,57)58)40(56)44-18-6-20-60-22-24-61-23-21-59-19-5-17-43-36(54)14-15-37(55)46-30-10-13-33(45-26-30)39-50-48-38(49-51-39)32-7-3-4-16-42-32/h3-4,7-13,16,26-28,35H,5-6,14-15,17-25H2,1-2H3,(H,43,54)(H,44,56)(H,46,55)(H2,41,57,58). The molecule has 0 saturated carbocycles. The van der Waals surface area contributed by atoms with E-state index in [1.54, 1.807) is 48.8 Å². The molecule has 22 heteroatoms. The van der Waals surface area contributed by atoms with Gasteiger partial charge in [0.1, 0.15) is 23.1 Å². The molecule has 0 aliphatic carbocycles. The van der Waals surface area contributed by atoms with Crippen LogP contribution in [0.3, 0.4) is 0 Å². The van der Waals surface area contributed by atoms with Crippen LogP contribution in [0.4, 0.5) is 5.69 Å². The molecule has 0 saturated heterocycles. The highest BCUT2D eigenvalue weighted by Crippen LogP contribution is 2.23. The first-order valence-corrected chi connectivity index (χ1v) is 21.6. The van der Waals surface area contributed by atoms with Crippen molar-refractivity contribution in [3.05, 3.63) is 73.2 Å². The summed E-state index contributed by atoms with van der Waals surface area (Å²) in [7, 11) is -3.81. The lowest BCUT2D eigenvalue weighted by Crippen LogP contribution is -2.34. The van der Waals surface area contributed by atoms with E-state index in [0.717, 1.165) is 0 Å². The van der Waals surface area contributed by atoms with Crippen LogP contribution in [0.15, 0.2) is 78.1 Å². The predicted octanol–water partition coefficient (Wildman–Crippen LogP) is 2.37. The molecule has 62 heavy (non-hydrogen) atoms. The van der Waals surface area contributed by atoms with Crippen molar-refractivity contribution >= 4 is 33.4 Å². The number of nitrogens with two attached hydrogens (primary N) is 1. The van der Waals surface area contributed by atoms with Gasteiger partial charge in [-0.2, -0.15) is 0 Å². The maximum atomic E-state index is 13.1. The van der Waals surface area contributed by atoms with Crippen LogP contribution in [0.2, 0.25) is 0 Å². The molecule has 5 N–H and O–H groups in total. The van der Waals surface area contributed by atoms with Crippen LogP contribution in [0, 0.1) is 5.92 Å². The molecule has 3 amide bonds. The number of carbonyl (C=O) groups is 3. The van der Waals surface area contributed by atoms with Gasteiger partial charge in [0.15, 0.2) is 0 Å². The minimum absolute atomic E-state index is 0.00572. The first-order valence-electron chi connectivity index (χ1n) is 20.0. The Kier molecular flexibility index (Phi) is 18.4. The SMILES string of the molecule is CC(C)CC(C(=O)NCCCOCCOCCOCCCNC(=O)CCC(=O)Nc1ccc(-c2nnc(-c3ccccn3)nn2)nc1)n1cc(-c2ccc(S(N)(=O)=O)cc2)nn1. The summed E-state index contributed by atoms with van der Waals surface area (Å²) in [4.78, 5) is 46.1. The molecule has 1 aromatic carbocycles. The molecule has 0 bridgehead atoms. The lowest BCUT2D eigenvalue weighted by atomic mass is 10.0. The molecule has 5 rings (SSSR count). The normalized spacial score (nSPS) is 11.9. The Morgan fingerprint density at radius 3 is 1.90 bits per heavy atom. The fourth-order valence-electron chi connectivity index (χ4n) is 5.67. The number of rotatable bonds is 26. The van der Waals surface area contributed by atoms with Gasteiger partial charge in [-0.25, -0.2) is 18.2 Å². The molecule has 0 spiro atoms. The second-order valence-corrected chi connectivity index (χ2v) is 15.8. The van der Waals surface area contributed by atoms with Gasteiger partial charge >= 0.3 is 0 Å². The third-order valence-corrected chi connectivity index (χ3v) is 9.76. The van der Waals surface area contributed by atoms with Gasteiger partial charge in [-0.3, -0.25) is 24.4 Å². The molecule has 0 aliphatic rings. The third kappa shape index (κ3) is 15.7. The molecular weight excluding hydrogens is 823 g/mol. The minimum Gasteiger partial charge on any atom is -0.379 e. The van der Waals surface area contributed by atoms with Crippen LogP contribution in [0.1, 0.15) is 52.0 Å². The lowest BCUT2D eigenvalue weighted by molar-refractivity contribution is -0.125. The number of nitrogens with zero attached hydrogens (tertiary/aromatic N) is 9. The maximum Gasteiger partial charge on any atom is 0.244 e. The van der Waals surface area contributed by atoms with E-state index in [4.69, 9.17) is 19.3 Å². The number of carbonyl (C=O) groups excluding carboxylic acids is 3. The molecule has 330 valence electrons. The van der Waals surface area contributed by atoms with Gasteiger partial charge in [-0.05, 0) is 61.6 Å². The van der Waals surface area contributed by atoms with Crippen molar-refractivity contribution in [2.24, 2.45) is 11.1 Å². The Morgan fingerprint density at radius 2 is 1.32 bits per heavy atom. The van der Waals surface area contributed by atoms with Crippen molar-refractivity contribution in [3.8, 4) is 34.3 Å². The number of amides is 3. The number of nitrogens with one attached hydrogen (secondary N) is 3. The van der Waals surface area contributed by atoms with Crippen molar-refractivity contribution in [2.45, 2.75) is 56.9 Å². The topological polar surface area (TPSA) is 283 Å². The van der Waals surface area contributed by atoms with Crippen LogP contribution in [0.5, 0.6) is 0 Å². The quantitative estimate of drug-likeness (QED) is 0.0580. The summed E-state index contributed by atoms with van der Waals surface area (Å²) in [5, 5.41) is 38.2. The summed E-state index contributed by atoms with van der Waals surface area (Å²) in [6.45, 7) is 7.32. The molecule has 5 aromatic rings. The third-order valence-electron chi connectivity index (χ3n) is 8.83. The fourth-order valence-corrected chi connectivity index (χ4v) is 6.19. The monoisotopic (exact) mass is 873 g/mol. The van der Waals surface area contributed by atoms with Gasteiger partial charge in [0, 0.05) is 50.9 Å². The van der Waals surface area contributed by atoms with E-state index < -0.39 is 16.1 Å². The Morgan fingerprint density at radius 1 is 0.710 bits per heavy atom. The van der Waals surface area contributed by atoms with Crippen molar-refractivity contribution in [1.29, 1.82) is 0 Å². The summed E-state index contributed by atoms with van der Waals surface area (Å²) >= 11 is 0. The van der Waals surface area contributed by atoms with Crippen LogP contribution in [0.25, 0.3) is 34.3 Å². The number of ether oxygens (including phenoxy) is 3. The molecule has 1 atom stereocenters. The number of primary sulfonamides is 1. The zero-order chi connectivity index (χ0) is 44.2. The van der Waals surface area contributed by atoms with E-state index in [0.29, 0.717) is 106 Å². The average Bonchev–Trinajstić information content (AvgIpc) is 3.76. The lowest BCUT2D eigenvalue weighted by Gasteiger charge is -2.18. The molecule has 0 aliphatic heterocycles. The van der Waals surface area contributed by atoms with E-state index in [1.165, 1.54) is 23.0 Å². The predicted molar refractivity (Wildman–Crippen MR) is 225 cm³/mol. The number of pyridine rings is 2. The Bertz CT molecular complexity index is 2260. The molecule has 4 heterocycles. The largest absolute Gasteiger partial charge is 0.379 e. The Hall–Kier alpha value is -6.20. The van der Waals surface area contributed by atoms with Gasteiger partial charge < -0.3 is 30.2 Å². The Balaban J connectivity index is 0.837. The second-order valence-electron chi connectivity index (χ2n) is 14.2. The number of anilines is 1. The summed E-state index contributed by atoms with van der Waals surface area (Å²) in [5.74, 6) is -0.0122. The van der Waals surface area contributed by atoms with Gasteiger partial charge in [0.25, 0.3) is 0 Å². The smallest absolute Gasteiger partial charge is 0.244 e. The zero-order valence-corrected chi connectivity index (χ0v) is 35.4. The maximum absolute atomic E-state index is 13.1. The molecule has 1 unspecified atom stereocenters. The molecule has 0 radical (unpaired) electrons. The minimum atomic E-state index is -3.81. The number of sulfonamides is 1. The molecule has 4 aromatic heterocycles. The van der Waals surface area contributed by atoms with Crippen molar-refractivity contribution in [1.82, 2.24) is 56.0 Å². The summed E-state index contributed by atoms with van der Waals surface area (Å²) in [6.07, 6.45) is 6.56. The number of aromatic nitrogens is 9. The first-order chi connectivity index (χ1) is 30.0. The van der Waals surface area contributed by atoms with Crippen LogP contribution in [-0.4, -0.2) is 124 Å². The van der Waals surface area contributed by atoms with E-state index in [1.807, 2.05) is 19.9 Å². The number of benzene rings is 1. The molecule has 0 fully saturated rings.